The van der Waals surface area contributed by atoms with Crippen LogP contribution in [0.25, 0.3) is 6.08 Å². The molecule has 0 fully saturated rings. The largest absolute Gasteiger partial charge is 0.507 e. The van der Waals surface area contributed by atoms with Gasteiger partial charge in [0, 0.05) is 12.1 Å². The summed E-state index contributed by atoms with van der Waals surface area (Å²) in [6.45, 7) is 4.31. The van der Waals surface area contributed by atoms with E-state index in [-0.39, 0.29) is 11.7 Å². The van der Waals surface area contributed by atoms with Crippen LogP contribution in [0.1, 0.15) is 19.4 Å². The standard InChI is InChI=1S/C19H18N2O2/c1-3-21-17-10-6-5-9-16(17)20-13(2)15(19(21)23)12-14-8-4-7-11-18(14)22/h4-12,22H,3H2,1-2H3/b15-12+. The Balaban J connectivity index is 2.16. The molecule has 0 aliphatic carbocycles. The third kappa shape index (κ3) is 2.75. The van der Waals surface area contributed by atoms with Crippen LogP contribution in [0.15, 0.2) is 59.1 Å². The number of para-hydroxylation sites is 3. The Morgan fingerprint density at radius 2 is 1.83 bits per heavy atom. The monoisotopic (exact) mass is 306 g/mol. The van der Waals surface area contributed by atoms with E-state index >= 15 is 0 Å². The molecule has 1 amide bonds. The molecule has 1 heterocycles. The molecule has 0 unspecified atom stereocenters. The van der Waals surface area contributed by atoms with E-state index in [0.29, 0.717) is 23.4 Å². The predicted octanol–water partition coefficient (Wildman–Crippen LogP) is 3.93. The number of amides is 1. The van der Waals surface area contributed by atoms with Gasteiger partial charge >= 0.3 is 0 Å². The van der Waals surface area contributed by atoms with Crippen molar-refractivity contribution in [3.05, 3.63) is 59.7 Å². The van der Waals surface area contributed by atoms with Crippen molar-refractivity contribution in [1.82, 2.24) is 0 Å². The molecule has 2 aromatic carbocycles. The second kappa shape index (κ2) is 6.08. The lowest BCUT2D eigenvalue weighted by Gasteiger charge is -2.21. The van der Waals surface area contributed by atoms with Crippen molar-refractivity contribution < 1.29 is 9.90 Å². The molecule has 3 rings (SSSR count). The van der Waals surface area contributed by atoms with Crippen LogP contribution in [0.3, 0.4) is 0 Å². The predicted molar refractivity (Wildman–Crippen MR) is 93.3 cm³/mol. The number of hydrogen-bond acceptors (Lipinski definition) is 3. The highest BCUT2D eigenvalue weighted by Gasteiger charge is 2.26. The quantitative estimate of drug-likeness (QED) is 0.855. The van der Waals surface area contributed by atoms with E-state index in [1.54, 1.807) is 29.2 Å². The highest BCUT2D eigenvalue weighted by Crippen LogP contribution is 2.33. The summed E-state index contributed by atoms with van der Waals surface area (Å²) >= 11 is 0. The fourth-order valence-electron chi connectivity index (χ4n) is 2.68. The van der Waals surface area contributed by atoms with E-state index < -0.39 is 0 Å². The van der Waals surface area contributed by atoms with Gasteiger partial charge in [-0.3, -0.25) is 9.79 Å². The molecule has 1 aliphatic rings. The van der Waals surface area contributed by atoms with Crippen LogP contribution < -0.4 is 4.90 Å². The molecular weight excluding hydrogens is 288 g/mol. The number of phenolic OH excluding ortho intramolecular Hbond substituents is 1. The number of aromatic hydroxyl groups is 1. The maximum Gasteiger partial charge on any atom is 0.260 e. The van der Waals surface area contributed by atoms with Gasteiger partial charge in [0.2, 0.25) is 0 Å². The van der Waals surface area contributed by atoms with Gasteiger partial charge in [-0.2, -0.15) is 0 Å². The third-order valence-electron chi connectivity index (χ3n) is 3.88. The molecule has 0 saturated heterocycles. The lowest BCUT2D eigenvalue weighted by Crippen LogP contribution is -2.32. The number of fused-ring (bicyclic) bond motifs is 1. The number of rotatable bonds is 2. The summed E-state index contributed by atoms with van der Waals surface area (Å²) in [5.74, 6) is 0.0346. The second-order valence-electron chi connectivity index (χ2n) is 5.35. The molecule has 0 bridgehead atoms. The van der Waals surface area contributed by atoms with Crippen LogP contribution in [0, 0.1) is 0 Å². The van der Waals surface area contributed by atoms with Gasteiger partial charge in [-0.1, -0.05) is 30.3 Å². The third-order valence-corrected chi connectivity index (χ3v) is 3.88. The molecule has 23 heavy (non-hydrogen) atoms. The van der Waals surface area contributed by atoms with Gasteiger partial charge in [-0.15, -0.1) is 0 Å². The van der Waals surface area contributed by atoms with Gasteiger partial charge in [-0.25, -0.2) is 0 Å². The maximum absolute atomic E-state index is 13.0. The number of aliphatic imine (C=N–C) groups is 1. The van der Waals surface area contributed by atoms with E-state index in [4.69, 9.17) is 0 Å². The zero-order valence-electron chi connectivity index (χ0n) is 13.2. The normalized spacial score (nSPS) is 16.1. The minimum atomic E-state index is -0.109. The van der Waals surface area contributed by atoms with E-state index in [1.165, 1.54) is 0 Å². The number of benzene rings is 2. The molecule has 0 radical (unpaired) electrons. The molecular formula is C19H18N2O2. The van der Waals surface area contributed by atoms with Crippen molar-refractivity contribution in [1.29, 1.82) is 0 Å². The number of anilines is 1. The smallest absolute Gasteiger partial charge is 0.260 e. The summed E-state index contributed by atoms with van der Waals surface area (Å²) in [6, 6.07) is 14.6. The lowest BCUT2D eigenvalue weighted by atomic mass is 10.1. The molecule has 0 spiro atoms. The SMILES string of the molecule is CCN1C(=O)/C(=C/c2ccccc2O)C(C)=Nc2ccccc21. The summed E-state index contributed by atoms with van der Waals surface area (Å²) in [7, 11) is 0. The average Bonchev–Trinajstić information content (AvgIpc) is 2.65. The number of hydrogen-bond donors (Lipinski definition) is 1. The molecule has 116 valence electrons. The summed E-state index contributed by atoms with van der Waals surface area (Å²) in [6.07, 6.45) is 1.70. The van der Waals surface area contributed by atoms with Gasteiger partial charge < -0.3 is 10.0 Å². The number of nitrogens with zero attached hydrogens (tertiary/aromatic N) is 2. The first-order valence-corrected chi connectivity index (χ1v) is 7.58. The maximum atomic E-state index is 13.0. The molecule has 1 aliphatic heterocycles. The van der Waals surface area contributed by atoms with E-state index in [9.17, 15) is 9.90 Å². The Bertz CT molecular complexity index is 822. The van der Waals surface area contributed by atoms with Crippen LogP contribution in [0.5, 0.6) is 5.75 Å². The van der Waals surface area contributed by atoms with Gasteiger partial charge in [0.1, 0.15) is 5.75 Å². The van der Waals surface area contributed by atoms with Crippen molar-refractivity contribution in [3.8, 4) is 5.75 Å². The van der Waals surface area contributed by atoms with Crippen molar-refractivity contribution in [3.63, 3.8) is 0 Å². The zero-order valence-corrected chi connectivity index (χ0v) is 13.2. The van der Waals surface area contributed by atoms with Gasteiger partial charge in [0.25, 0.3) is 5.91 Å². The van der Waals surface area contributed by atoms with Gasteiger partial charge in [0.15, 0.2) is 0 Å². The number of carbonyl (C=O) groups is 1. The van der Waals surface area contributed by atoms with Crippen molar-refractivity contribution in [2.45, 2.75) is 13.8 Å². The first kappa shape index (κ1) is 15.0. The molecule has 0 atom stereocenters. The Morgan fingerprint density at radius 3 is 2.57 bits per heavy atom. The first-order chi connectivity index (χ1) is 11.1. The van der Waals surface area contributed by atoms with E-state index in [2.05, 4.69) is 4.99 Å². The Labute approximate surface area is 135 Å². The van der Waals surface area contributed by atoms with E-state index in [1.807, 2.05) is 44.2 Å². The summed E-state index contributed by atoms with van der Waals surface area (Å²) in [4.78, 5) is 19.3. The fourth-order valence-corrected chi connectivity index (χ4v) is 2.68. The molecule has 2 aromatic rings. The van der Waals surface area contributed by atoms with Crippen LogP contribution in [-0.2, 0) is 4.79 Å². The number of phenols is 1. The number of carbonyl (C=O) groups excluding carboxylic acids is 1. The Hall–Kier alpha value is -2.88. The first-order valence-electron chi connectivity index (χ1n) is 7.58. The average molecular weight is 306 g/mol. The van der Waals surface area contributed by atoms with Crippen LogP contribution in [0.2, 0.25) is 0 Å². The highest BCUT2D eigenvalue weighted by molar-refractivity contribution is 6.30. The summed E-state index contributed by atoms with van der Waals surface area (Å²) in [5.41, 5.74) is 3.32. The van der Waals surface area contributed by atoms with Crippen LogP contribution >= 0.6 is 0 Å². The highest BCUT2D eigenvalue weighted by atomic mass is 16.3. The minimum Gasteiger partial charge on any atom is -0.507 e. The van der Waals surface area contributed by atoms with Crippen molar-refractivity contribution >= 4 is 29.1 Å². The van der Waals surface area contributed by atoms with Gasteiger partial charge in [0.05, 0.1) is 22.7 Å². The molecule has 0 aromatic heterocycles. The Kier molecular flexibility index (Phi) is 3.98. The number of likely N-dealkylation sites (N-methyl/N-ethyl adjacent to an activating group) is 1. The lowest BCUT2D eigenvalue weighted by molar-refractivity contribution is -0.114. The van der Waals surface area contributed by atoms with Crippen molar-refractivity contribution in [2.24, 2.45) is 4.99 Å². The second-order valence-corrected chi connectivity index (χ2v) is 5.35. The van der Waals surface area contributed by atoms with Gasteiger partial charge in [-0.05, 0) is 38.1 Å². The Morgan fingerprint density at radius 1 is 1.13 bits per heavy atom. The fraction of sp³-hybridized carbons (Fsp3) is 0.158. The van der Waals surface area contributed by atoms with E-state index in [0.717, 1.165) is 11.4 Å². The summed E-state index contributed by atoms with van der Waals surface area (Å²) < 4.78 is 0. The van der Waals surface area contributed by atoms with Crippen LogP contribution in [-0.4, -0.2) is 23.3 Å². The molecule has 4 heteroatoms. The summed E-state index contributed by atoms with van der Waals surface area (Å²) in [5, 5.41) is 9.97. The van der Waals surface area contributed by atoms with Crippen molar-refractivity contribution in [2.75, 3.05) is 11.4 Å². The van der Waals surface area contributed by atoms with Crippen LogP contribution in [0.4, 0.5) is 11.4 Å². The minimum absolute atomic E-state index is 0.109. The zero-order chi connectivity index (χ0) is 16.4. The molecule has 0 saturated carbocycles. The molecule has 1 N–H and O–H groups in total. The molecule has 4 nitrogen and oxygen atoms in total. The topological polar surface area (TPSA) is 52.9 Å².